The second-order valence-corrected chi connectivity index (χ2v) is 4.95. The van der Waals surface area contributed by atoms with E-state index in [4.69, 9.17) is 0 Å². The van der Waals surface area contributed by atoms with Gasteiger partial charge in [-0.2, -0.15) is 0 Å². The van der Waals surface area contributed by atoms with Crippen LogP contribution < -0.4 is 5.32 Å². The SMILES string of the molecule is CC(O)CC(C)CNC(C)c1cscn1. The first-order valence-electron chi connectivity index (χ1n) is 5.39. The summed E-state index contributed by atoms with van der Waals surface area (Å²) in [6.07, 6.45) is 0.632. The molecule has 0 amide bonds. The fourth-order valence-corrected chi connectivity index (χ4v) is 2.23. The molecule has 1 heterocycles. The molecule has 3 atom stereocenters. The van der Waals surface area contributed by atoms with Gasteiger partial charge in [0.05, 0.1) is 17.3 Å². The largest absolute Gasteiger partial charge is 0.393 e. The average molecular weight is 228 g/mol. The minimum atomic E-state index is -0.212. The van der Waals surface area contributed by atoms with Crippen molar-refractivity contribution in [1.29, 1.82) is 0 Å². The Balaban J connectivity index is 2.25. The van der Waals surface area contributed by atoms with Crippen LogP contribution >= 0.6 is 11.3 Å². The fourth-order valence-electron chi connectivity index (χ4n) is 1.58. The Morgan fingerprint density at radius 1 is 1.47 bits per heavy atom. The third kappa shape index (κ3) is 4.73. The van der Waals surface area contributed by atoms with E-state index < -0.39 is 0 Å². The quantitative estimate of drug-likeness (QED) is 0.784. The van der Waals surface area contributed by atoms with Crippen LogP contribution in [0.1, 0.15) is 38.9 Å². The summed E-state index contributed by atoms with van der Waals surface area (Å²) in [5.74, 6) is 0.492. The molecular formula is C11H20N2OS. The molecule has 3 nitrogen and oxygen atoms in total. The number of rotatable bonds is 6. The van der Waals surface area contributed by atoms with Crippen molar-refractivity contribution in [3.05, 3.63) is 16.6 Å². The zero-order chi connectivity index (χ0) is 11.3. The number of nitrogens with one attached hydrogen (secondary N) is 1. The van der Waals surface area contributed by atoms with Crippen LogP contribution in [-0.2, 0) is 0 Å². The molecule has 1 aromatic heterocycles. The zero-order valence-corrected chi connectivity index (χ0v) is 10.4. The minimum Gasteiger partial charge on any atom is -0.393 e. The first-order chi connectivity index (χ1) is 7.09. The first kappa shape index (κ1) is 12.6. The maximum absolute atomic E-state index is 9.23. The maximum Gasteiger partial charge on any atom is 0.0795 e. The molecule has 4 heteroatoms. The van der Waals surface area contributed by atoms with Gasteiger partial charge in [0.1, 0.15) is 0 Å². The molecule has 0 aliphatic carbocycles. The Hall–Kier alpha value is -0.450. The number of hydrogen-bond acceptors (Lipinski definition) is 4. The monoisotopic (exact) mass is 228 g/mol. The molecule has 86 valence electrons. The van der Waals surface area contributed by atoms with Crippen molar-refractivity contribution < 1.29 is 5.11 Å². The summed E-state index contributed by atoms with van der Waals surface area (Å²) in [6, 6.07) is 0.299. The molecule has 0 saturated heterocycles. The molecule has 0 bridgehead atoms. The molecule has 0 spiro atoms. The summed E-state index contributed by atoms with van der Waals surface area (Å²) in [7, 11) is 0. The van der Waals surface area contributed by atoms with Crippen molar-refractivity contribution in [2.24, 2.45) is 5.92 Å². The van der Waals surface area contributed by atoms with Crippen LogP contribution in [0.15, 0.2) is 10.9 Å². The third-order valence-electron chi connectivity index (χ3n) is 2.41. The molecule has 15 heavy (non-hydrogen) atoms. The molecule has 0 aliphatic rings. The lowest BCUT2D eigenvalue weighted by molar-refractivity contribution is 0.162. The lowest BCUT2D eigenvalue weighted by Gasteiger charge is -2.17. The van der Waals surface area contributed by atoms with Crippen molar-refractivity contribution >= 4 is 11.3 Å². The number of nitrogens with zero attached hydrogens (tertiary/aromatic N) is 1. The van der Waals surface area contributed by atoms with Crippen molar-refractivity contribution in [2.45, 2.75) is 39.3 Å². The molecular weight excluding hydrogens is 208 g/mol. The van der Waals surface area contributed by atoms with E-state index in [2.05, 4.69) is 29.5 Å². The van der Waals surface area contributed by atoms with Gasteiger partial charge in [-0.1, -0.05) is 6.92 Å². The van der Waals surface area contributed by atoms with Gasteiger partial charge in [0, 0.05) is 11.4 Å². The molecule has 1 rings (SSSR count). The molecule has 0 radical (unpaired) electrons. The summed E-state index contributed by atoms with van der Waals surface area (Å²) in [5, 5.41) is 14.7. The second-order valence-electron chi connectivity index (χ2n) is 4.23. The Bertz CT molecular complexity index is 262. The van der Waals surface area contributed by atoms with E-state index in [0.29, 0.717) is 12.0 Å². The van der Waals surface area contributed by atoms with Crippen LogP contribution in [0.25, 0.3) is 0 Å². The summed E-state index contributed by atoms with van der Waals surface area (Å²) in [5.41, 5.74) is 2.96. The van der Waals surface area contributed by atoms with Gasteiger partial charge in [0.2, 0.25) is 0 Å². The molecule has 0 aliphatic heterocycles. The highest BCUT2D eigenvalue weighted by atomic mass is 32.1. The van der Waals surface area contributed by atoms with Crippen LogP contribution in [0.3, 0.4) is 0 Å². The van der Waals surface area contributed by atoms with E-state index in [1.807, 2.05) is 12.4 Å². The van der Waals surface area contributed by atoms with Gasteiger partial charge in [-0.25, -0.2) is 4.98 Å². The summed E-state index contributed by atoms with van der Waals surface area (Å²) >= 11 is 1.62. The zero-order valence-electron chi connectivity index (χ0n) is 9.60. The average Bonchev–Trinajstić information content (AvgIpc) is 2.65. The van der Waals surface area contributed by atoms with E-state index in [-0.39, 0.29) is 6.10 Å². The van der Waals surface area contributed by atoms with Gasteiger partial charge in [0.15, 0.2) is 0 Å². The van der Waals surface area contributed by atoms with Gasteiger partial charge in [0.25, 0.3) is 0 Å². The molecule has 0 saturated carbocycles. The van der Waals surface area contributed by atoms with Crippen LogP contribution in [0, 0.1) is 5.92 Å². The molecule has 0 aromatic carbocycles. The Morgan fingerprint density at radius 2 is 2.20 bits per heavy atom. The minimum absolute atomic E-state index is 0.212. The van der Waals surface area contributed by atoms with Crippen LogP contribution in [0.2, 0.25) is 0 Å². The summed E-state index contributed by atoms with van der Waals surface area (Å²) in [6.45, 7) is 7.02. The van der Waals surface area contributed by atoms with E-state index in [0.717, 1.165) is 18.7 Å². The topological polar surface area (TPSA) is 45.1 Å². The molecule has 0 fully saturated rings. The highest BCUT2D eigenvalue weighted by Gasteiger charge is 2.10. The smallest absolute Gasteiger partial charge is 0.0795 e. The van der Waals surface area contributed by atoms with Crippen molar-refractivity contribution in [2.75, 3.05) is 6.54 Å². The third-order valence-corrected chi connectivity index (χ3v) is 3.02. The van der Waals surface area contributed by atoms with E-state index >= 15 is 0 Å². The summed E-state index contributed by atoms with van der Waals surface area (Å²) in [4.78, 5) is 4.26. The number of thiazole rings is 1. The highest BCUT2D eigenvalue weighted by Crippen LogP contribution is 2.13. The Labute approximate surface area is 95.6 Å². The lowest BCUT2D eigenvalue weighted by Crippen LogP contribution is -2.26. The van der Waals surface area contributed by atoms with Crippen LogP contribution in [0.5, 0.6) is 0 Å². The number of aliphatic hydroxyl groups excluding tert-OH is 1. The van der Waals surface area contributed by atoms with Gasteiger partial charge < -0.3 is 10.4 Å². The second kappa shape index (κ2) is 6.20. The van der Waals surface area contributed by atoms with E-state index in [1.54, 1.807) is 11.3 Å². The van der Waals surface area contributed by atoms with E-state index in [1.165, 1.54) is 0 Å². The molecule has 2 N–H and O–H groups in total. The van der Waals surface area contributed by atoms with Gasteiger partial charge >= 0.3 is 0 Å². The first-order valence-corrected chi connectivity index (χ1v) is 6.33. The standard InChI is InChI=1S/C11H20N2OS/c1-8(4-9(2)14)5-12-10(3)11-6-15-7-13-11/h6-10,12,14H,4-5H2,1-3H3. The number of hydrogen-bond donors (Lipinski definition) is 2. The predicted molar refractivity (Wildman–Crippen MR) is 64.0 cm³/mol. The number of aliphatic hydroxyl groups is 1. The molecule has 1 aromatic rings. The lowest BCUT2D eigenvalue weighted by atomic mass is 10.0. The van der Waals surface area contributed by atoms with E-state index in [9.17, 15) is 5.11 Å². The van der Waals surface area contributed by atoms with Crippen molar-refractivity contribution in [3.63, 3.8) is 0 Å². The van der Waals surface area contributed by atoms with Crippen molar-refractivity contribution in [1.82, 2.24) is 10.3 Å². The maximum atomic E-state index is 9.23. The van der Waals surface area contributed by atoms with Crippen LogP contribution in [0.4, 0.5) is 0 Å². The van der Waals surface area contributed by atoms with Gasteiger partial charge in [-0.3, -0.25) is 0 Å². The van der Waals surface area contributed by atoms with Gasteiger partial charge in [-0.05, 0) is 32.7 Å². The number of aromatic nitrogens is 1. The fraction of sp³-hybridized carbons (Fsp3) is 0.727. The predicted octanol–water partition coefficient (Wildman–Crippen LogP) is 2.20. The van der Waals surface area contributed by atoms with Crippen LogP contribution in [-0.4, -0.2) is 22.7 Å². The normalized spacial score (nSPS) is 17.3. The Morgan fingerprint density at radius 3 is 2.73 bits per heavy atom. The van der Waals surface area contributed by atoms with Crippen molar-refractivity contribution in [3.8, 4) is 0 Å². The Kier molecular flexibility index (Phi) is 5.22. The summed E-state index contributed by atoms with van der Waals surface area (Å²) < 4.78 is 0. The highest BCUT2D eigenvalue weighted by molar-refractivity contribution is 7.07. The molecule has 3 unspecified atom stereocenters. The van der Waals surface area contributed by atoms with Gasteiger partial charge in [-0.15, -0.1) is 11.3 Å².